The second-order valence-electron chi connectivity index (χ2n) is 7.56. The predicted molar refractivity (Wildman–Crippen MR) is 103 cm³/mol. The summed E-state index contributed by atoms with van der Waals surface area (Å²) < 4.78 is 40.3. The molecule has 7 nitrogen and oxygen atoms in total. The molecule has 0 radical (unpaired) electrons. The van der Waals surface area contributed by atoms with E-state index in [-0.39, 0.29) is 17.5 Å². The number of anilines is 1. The zero-order valence-electron chi connectivity index (χ0n) is 16.2. The summed E-state index contributed by atoms with van der Waals surface area (Å²) >= 11 is 0. The van der Waals surface area contributed by atoms with E-state index in [4.69, 9.17) is 0 Å². The first-order valence-electron chi connectivity index (χ1n) is 9.90. The monoisotopic (exact) mass is 421 g/mol. The Balaban J connectivity index is 1.36. The fourth-order valence-electron chi connectivity index (χ4n) is 3.86. The number of aromatic nitrogens is 2. The van der Waals surface area contributed by atoms with E-state index >= 15 is 0 Å². The van der Waals surface area contributed by atoms with Crippen molar-refractivity contribution in [1.29, 1.82) is 0 Å². The van der Waals surface area contributed by atoms with Crippen LogP contribution in [0.3, 0.4) is 0 Å². The molecule has 160 valence electrons. The summed E-state index contributed by atoms with van der Waals surface area (Å²) in [4.78, 5) is 26.2. The van der Waals surface area contributed by atoms with Crippen LogP contribution in [-0.4, -0.2) is 46.3 Å². The zero-order valence-corrected chi connectivity index (χ0v) is 16.2. The van der Waals surface area contributed by atoms with E-state index in [9.17, 15) is 22.8 Å². The predicted octanol–water partition coefficient (Wildman–Crippen LogP) is 3.45. The van der Waals surface area contributed by atoms with E-state index in [1.165, 1.54) is 12.1 Å². The highest BCUT2D eigenvalue weighted by Gasteiger charge is 2.31. The molecule has 2 aromatic rings. The van der Waals surface area contributed by atoms with Gasteiger partial charge in [0, 0.05) is 37.8 Å². The van der Waals surface area contributed by atoms with Gasteiger partial charge in [-0.1, -0.05) is 6.07 Å². The number of nitrogens with one attached hydrogen (secondary N) is 2. The normalized spacial score (nSPS) is 17.8. The second-order valence-corrected chi connectivity index (χ2v) is 7.56. The molecule has 0 aliphatic carbocycles. The van der Waals surface area contributed by atoms with E-state index in [0.29, 0.717) is 44.7 Å². The molecule has 3 heterocycles. The number of carbonyl (C=O) groups is 2. The number of halogens is 3. The van der Waals surface area contributed by atoms with Gasteiger partial charge in [-0.2, -0.15) is 18.3 Å². The van der Waals surface area contributed by atoms with Crippen LogP contribution in [0.5, 0.6) is 0 Å². The van der Waals surface area contributed by atoms with Crippen molar-refractivity contribution in [3.8, 4) is 0 Å². The summed E-state index contributed by atoms with van der Waals surface area (Å²) in [5.41, 5.74) is 0.718. The number of nitrogens with zero attached hydrogens (tertiary/aromatic N) is 3. The molecular weight excluding hydrogens is 399 g/mol. The highest BCUT2D eigenvalue weighted by atomic mass is 19.4. The number of benzene rings is 1. The number of piperidine rings is 1. The molecule has 1 saturated heterocycles. The van der Waals surface area contributed by atoms with E-state index < -0.39 is 17.8 Å². The van der Waals surface area contributed by atoms with E-state index in [1.54, 1.807) is 9.58 Å². The molecule has 0 saturated carbocycles. The van der Waals surface area contributed by atoms with Crippen LogP contribution in [0, 0.1) is 0 Å². The molecule has 2 aliphatic rings. The Labute approximate surface area is 171 Å². The molecular formula is C20H22F3N5O2. The first-order valence-corrected chi connectivity index (χ1v) is 9.90. The van der Waals surface area contributed by atoms with Gasteiger partial charge in [0.1, 0.15) is 5.69 Å². The summed E-state index contributed by atoms with van der Waals surface area (Å²) in [6.45, 7) is 2.25. The molecule has 1 aromatic carbocycles. The van der Waals surface area contributed by atoms with Gasteiger partial charge in [-0.05, 0) is 43.5 Å². The van der Waals surface area contributed by atoms with E-state index in [1.807, 2.05) is 6.07 Å². The summed E-state index contributed by atoms with van der Waals surface area (Å²) in [6, 6.07) is 5.99. The van der Waals surface area contributed by atoms with Gasteiger partial charge in [0.15, 0.2) is 0 Å². The summed E-state index contributed by atoms with van der Waals surface area (Å²) in [7, 11) is 0. The smallest absolute Gasteiger partial charge is 0.351 e. The van der Waals surface area contributed by atoms with Crippen LogP contribution in [0.15, 0.2) is 30.3 Å². The molecule has 0 unspecified atom stereocenters. The molecule has 2 aliphatic heterocycles. The van der Waals surface area contributed by atoms with Gasteiger partial charge in [-0.15, -0.1) is 0 Å². The third-order valence-electron chi connectivity index (χ3n) is 5.51. The number of hydrogen-bond acceptors (Lipinski definition) is 3. The Morgan fingerprint density at radius 3 is 2.67 bits per heavy atom. The lowest BCUT2D eigenvalue weighted by Gasteiger charge is -2.31. The molecule has 0 spiro atoms. The average Bonchev–Trinajstić information content (AvgIpc) is 3.07. The summed E-state index contributed by atoms with van der Waals surface area (Å²) in [5.74, 6) is 0.0129. The maximum absolute atomic E-state index is 12.8. The second kappa shape index (κ2) is 8.00. The zero-order chi connectivity index (χ0) is 21.3. The molecule has 30 heavy (non-hydrogen) atoms. The molecule has 0 bridgehead atoms. The van der Waals surface area contributed by atoms with Crippen LogP contribution in [0.25, 0.3) is 0 Å². The third kappa shape index (κ3) is 4.27. The number of hydrogen-bond donors (Lipinski definition) is 2. The summed E-state index contributed by atoms with van der Waals surface area (Å²) in [6.07, 6.45) is -2.28. The van der Waals surface area contributed by atoms with Crippen molar-refractivity contribution < 1.29 is 22.8 Å². The molecule has 0 atom stereocenters. The highest BCUT2D eigenvalue weighted by molar-refractivity contribution is 5.93. The average molecular weight is 421 g/mol. The largest absolute Gasteiger partial charge is 0.416 e. The Kier molecular flexibility index (Phi) is 5.40. The standard InChI is InChI=1S/C20H22F3N5O2/c21-20(22,23)14-3-1-4-15(11-14)25-19(30)27-9-5-13(6-10-27)16-12-17-18(29)24-7-2-8-28(17)26-16/h1,3-4,11-13H,2,5-10H2,(H,24,29)(H,25,30). The van der Waals surface area contributed by atoms with Gasteiger partial charge in [0.05, 0.1) is 11.3 Å². The number of fused-ring (bicyclic) bond motifs is 1. The Hall–Kier alpha value is -3.04. The van der Waals surface area contributed by atoms with Crippen molar-refractivity contribution in [3.63, 3.8) is 0 Å². The summed E-state index contributed by atoms with van der Waals surface area (Å²) in [5, 5.41) is 9.97. The molecule has 1 fully saturated rings. The first-order chi connectivity index (χ1) is 14.3. The van der Waals surface area contributed by atoms with Gasteiger partial charge in [-0.25, -0.2) is 4.79 Å². The van der Waals surface area contributed by atoms with Gasteiger partial charge < -0.3 is 15.5 Å². The van der Waals surface area contributed by atoms with E-state index in [0.717, 1.165) is 24.2 Å². The van der Waals surface area contributed by atoms with Gasteiger partial charge in [-0.3, -0.25) is 9.48 Å². The minimum atomic E-state index is -4.46. The SMILES string of the molecule is O=C1NCCCn2nc(C3CCN(C(=O)Nc4cccc(C(F)(F)F)c4)CC3)cc21. The van der Waals surface area contributed by atoms with Crippen molar-refractivity contribution in [2.24, 2.45) is 0 Å². The van der Waals surface area contributed by atoms with Crippen molar-refractivity contribution in [2.75, 3.05) is 25.0 Å². The Bertz CT molecular complexity index is 948. The van der Waals surface area contributed by atoms with Crippen LogP contribution >= 0.6 is 0 Å². The maximum Gasteiger partial charge on any atom is 0.416 e. The number of carbonyl (C=O) groups excluding carboxylic acids is 2. The lowest BCUT2D eigenvalue weighted by atomic mass is 9.93. The number of amides is 3. The Morgan fingerprint density at radius 1 is 1.17 bits per heavy atom. The molecule has 10 heteroatoms. The highest BCUT2D eigenvalue weighted by Crippen LogP contribution is 2.31. The number of rotatable bonds is 2. The first kappa shape index (κ1) is 20.2. The minimum absolute atomic E-state index is 0.112. The van der Waals surface area contributed by atoms with Crippen molar-refractivity contribution >= 4 is 17.6 Å². The fraction of sp³-hybridized carbons (Fsp3) is 0.450. The van der Waals surface area contributed by atoms with Crippen LogP contribution in [0.2, 0.25) is 0 Å². The van der Waals surface area contributed by atoms with Crippen LogP contribution in [-0.2, 0) is 12.7 Å². The molecule has 2 N–H and O–H groups in total. The van der Waals surface area contributed by atoms with Crippen molar-refractivity contribution in [3.05, 3.63) is 47.3 Å². The van der Waals surface area contributed by atoms with Gasteiger partial charge in [0.25, 0.3) is 5.91 Å². The van der Waals surface area contributed by atoms with Crippen LogP contribution < -0.4 is 10.6 Å². The van der Waals surface area contributed by atoms with Gasteiger partial charge in [0.2, 0.25) is 0 Å². The number of aryl methyl sites for hydroxylation is 1. The number of likely N-dealkylation sites (tertiary alicyclic amines) is 1. The third-order valence-corrected chi connectivity index (χ3v) is 5.51. The maximum atomic E-state index is 12.8. The fourth-order valence-corrected chi connectivity index (χ4v) is 3.86. The quantitative estimate of drug-likeness (QED) is 0.780. The molecule has 3 amide bonds. The number of alkyl halides is 3. The van der Waals surface area contributed by atoms with E-state index in [2.05, 4.69) is 15.7 Å². The van der Waals surface area contributed by atoms with Gasteiger partial charge >= 0.3 is 12.2 Å². The minimum Gasteiger partial charge on any atom is -0.351 e. The van der Waals surface area contributed by atoms with Crippen LogP contribution in [0.1, 0.15) is 46.9 Å². The van der Waals surface area contributed by atoms with Crippen molar-refractivity contribution in [1.82, 2.24) is 20.0 Å². The molecule has 4 rings (SSSR count). The lowest BCUT2D eigenvalue weighted by molar-refractivity contribution is -0.137. The molecule has 1 aromatic heterocycles. The number of urea groups is 1. The topological polar surface area (TPSA) is 79.3 Å². The van der Waals surface area contributed by atoms with Crippen LogP contribution in [0.4, 0.5) is 23.7 Å². The Morgan fingerprint density at radius 2 is 1.93 bits per heavy atom. The van der Waals surface area contributed by atoms with Crippen molar-refractivity contribution in [2.45, 2.75) is 37.9 Å². The lowest BCUT2D eigenvalue weighted by Crippen LogP contribution is -2.40.